The van der Waals surface area contributed by atoms with Crippen LogP contribution >= 0.6 is 0 Å². The molecular formula is C22H34F2O. The maximum absolute atomic E-state index is 13.2. The van der Waals surface area contributed by atoms with Crippen LogP contribution in [0.2, 0.25) is 0 Å². The monoisotopic (exact) mass is 352 g/mol. The summed E-state index contributed by atoms with van der Waals surface area (Å²) >= 11 is 0. The van der Waals surface area contributed by atoms with Crippen LogP contribution in [0.5, 0.6) is 5.75 Å². The first kappa shape index (κ1) is 20.2. The van der Waals surface area contributed by atoms with Crippen molar-refractivity contribution in [1.82, 2.24) is 0 Å². The minimum atomic E-state index is -0.840. The highest BCUT2D eigenvalue weighted by Gasteiger charge is 2.24. The zero-order valence-corrected chi connectivity index (χ0v) is 15.7. The standard InChI is InChI=1S/C22H34F2O/c1-2-3-4-5-6-10-18-11-7-8-12-19(18)13-9-16-25-20-14-15-21(23)22(24)17-20/h14-15,17-19H,2-13,16H2,1H3. The Kier molecular flexibility index (Phi) is 9.28. The van der Waals surface area contributed by atoms with Crippen LogP contribution in [0.4, 0.5) is 8.78 Å². The Bertz CT molecular complexity index is 489. The average Bonchev–Trinajstić information content (AvgIpc) is 2.62. The Morgan fingerprint density at radius 3 is 2.24 bits per heavy atom. The van der Waals surface area contributed by atoms with Gasteiger partial charge in [0.1, 0.15) is 5.75 Å². The summed E-state index contributed by atoms with van der Waals surface area (Å²) in [4.78, 5) is 0. The molecule has 0 aromatic heterocycles. The molecule has 0 N–H and O–H groups in total. The molecule has 1 aliphatic rings. The molecule has 3 heteroatoms. The van der Waals surface area contributed by atoms with Gasteiger partial charge < -0.3 is 4.74 Å². The van der Waals surface area contributed by atoms with Crippen LogP contribution in [0, 0.1) is 23.5 Å². The van der Waals surface area contributed by atoms with E-state index in [4.69, 9.17) is 4.74 Å². The molecule has 0 spiro atoms. The predicted molar refractivity (Wildman–Crippen MR) is 99.9 cm³/mol. The predicted octanol–water partition coefficient (Wildman–Crippen LogP) is 7.29. The van der Waals surface area contributed by atoms with E-state index in [-0.39, 0.29) is 0 Å². The molecule has 1 nitrogen and oxygen atoms in total. The first-order chi connectivity index (χ1) is 12.2. The molecule has 25 heavy (non-hydrogen) atoms. The largest absolute Gasteiger partial charge is 0.493 e. The van der Waals surface area contributed by atoms with Crippen molar-refractivity contribution in [2.75, 3.05) is 6.61 Å². The summed E-state index contributed by atoms with van der Waals surface area (Å²) in [5, 5.41) is 0. The van der Waals surface area contributed by atoms with E-state index >= 15 is 0 Å². The second kappa shape index (κ2) is 11.5. The molecule has 142 valence electrons. The van der Waals surface area contributed by atoms with E-state index in [2.05, 4.69) is 6.92 Å². The van der Waals surface area contributed by atoms with E-state index in [1.165, 1.54) is 76.7 Å². The van der Waals surface area contributed by atoms with Crippen LogP contribution in [0.3, 0.4) is 0 Å². The van der Waals surface area contributed by atoms with E-state index in [0.29, 0.717) is 12.4 Å². The van der Waals surface area contributed by atoms with E-state index in [0.717, 1.165) is 30.4 Å². The fourth-order valence-corrected chi connectivity index (χ4v) is 4.16. The summed E-state index contributed by atoms with van der Waals surface area (Å²) < 4.78 is 31.7. The van der Waals surface area contributed by atoms with E-state index < -0.39 is 11.6 Å². The number of hydrogen-bond acceptors (Lipinski definition) is 1. The van der Waals surface area contributed by atoms with Gasteiger partial charge >= 0.3 is 0 Å². The molecule has 0 heterocycles. The van der Waals surface area contributed by atoms with E-state index in [1.807, 2.05) is 0 Å². The molecule has 0 amide bonds. The van der Waals surface area contributed by atoms with Gasteiger partial charge in [-0.3, -0.25) is 0 Å². The number of benzene rings is 1. The highest BCUT2D eigenvalue weighted by molar-refractivity contribution is 5.23. The van der Waals surface area contributed by atoms with Crippen molar-refractivity contribution in [3.63, 3.8) is 0 Å². The molecule has 2 atom stereocenters. The lowest BCUT2D eigenvalue weighted by atomic mass is 9.74. The molecule has 0 bridgehead atoms. The third-order valence-corrected chi connectivity index (χ3v) is 5.62. The van der Waals surface area contributed by atoms with E-state index in [1.54, 1.807) is 0 Å². The number of halogens is 2. The van der Waals surface area contributed by atoms with Crippen LogP contribution in [-0.4, -0.2) is 6.61 Å². The summed E-state index contributed by atoms with van der Waals surface area (Å²) in [6.07, 6.45) is 15.9. The van der Waals surface area contributed by atoms with Gasteiger partial charge in [-0.15, -0.1) is 0 Å². The molecule has 1 aromatic rings. The minimum absolute atomic E-state index is 0.426. The van der Waals surface area contributed by atoms with Crippen molar-refractivity contribution in [2.45, 2.75) is 84.0 Å². The molecule has 1 fully saturated rings. The molecule has 0 radical (unpaired) electrons. The third kappa shape index (κ3) is 7.33. The summed E-state index contributed by atoms with van der Waals surface area (Å²) in [6, 6.07) is 3.76. The second-order valence-corrected chi connectivity index (χ2v) is 7.57. The first-order valence-electron chi connectivity index (χ1n) is 10.3. The maximum atomic E-state index is 13.2. The molecule has 2 unspecified atom stereocenters. The lowest BCUT2D eigenvalue weighted by molar-refractivity contribution is 0.190. The van der Waals surface area contributed by atoms with Gasteiger partial charge in [0.25, 0.3) is 0 Å². The number of hydrogen-bond donors (Lipinski definition) is 0. The normalized spacial score (nSPS) is 20.6. The average molecular weight is 353 g/mol. The lowest BCUT2D eigenvalue weighted by Gasteiger charge is -2.31. The van der Waals surface area contributed by atoms with Gasteiger partial charge in [-0.05, 0) is 36.8 Å². The minimum Gasteiger partial charge on any atom is -0.493 e. The number of unbranched alkanes of at least 4 members (excludes halogenated alkanes) is 4. The molecule has 0 saturated heterocycles. The maximum Gasteiger partial charge on any atom is 0.162 e. The van der Waals surface area contributed by atoms with Crippen molar-refractivity contribution in [2.24, 2.45) is 11.8 Å². The highest BCUT2D eigenvalue weighted by Crippen LogP contribution is 2.36. The van der Waals surface area contributed by atoms with Gasteiger partial charge in [-0.1, -0.05) is 71.1 Å². The molecule has 1 saturated carbocycles. The van der Waals surface area contributed by atoms with Gasteiger partial charge in [0.15, 0.2) is 11.6 Å². The van der Waals surface area contributed by atoms with Crippen LogP contribution in [-0.2, 0) is 0 Å². The van der Waals surface area contributed by atoms with Gasteiger partial charge in [-0.2, -0.15) is 0 Å². The van der Waals surface area contributed by atoms with Gasteiger partial charge in [-0.25, -0.2) is 8.78 Å². The molecule has 2 rings (SSSR count). The molecule has 0 aliphatic heterocycles. The second-order valence-electron chi connectivity index (χ2n) is 7.57. The number of rotatable bonds is 11. The number of ether oxygens (including phenoxy) is 1. The highest BCUT2D eigenvalue weighted by atomic mass is 19.2. The quantitative estimate of drug-likeness (QED) is 0.380. The smallest absolute Gasteiger partial charge is 0.162 e. The molecule has 1 aliphatic carbocycles. The Morgan fingerprint density at radius 1 is 0.880 bits per heavy atom. The van der Waals surface area contributed by atoms with Crippen molar-refractivity contribution in [3.05, 3.63) is 29.8 Å². The SMILES string of the molecule is CCCCCCCC1CCCCC1CCCOc1ccc(F)c(F)c1. The van der Waals surface area contributed by atoms with Crippen LogP contribution in [0.15, 0.2) is 18.2 Å². The van der Waals surface area contributed by atoms with Crippen LogP contribution in [0.1, 0.15) is 84.0 Å². The van der Waals surface area contributed by atoms with Crippen molar-refractivity contribution in [1.29, 1.82) is 0 Å². The fourth-order valence-electron chi connectivity index (χ4n) is 4.16. The molecular weight excluding hydrogens is 318 g/mol. The van der Waals surface area contributed by atoms with Crippen molar-refractivity contribution in [3.8, 4) is 5.75 Å². The summed E-state index contributed by atoms with van der Waals surface area (Å²) in [5.41, 5.74) is 0. The summed E-state index contributed by atoms with van der Waals surface area (Å²) in [6.45, 7) is 2.85. The Labute approximate surface area is 152 Å². The fraction of sp³-hybridized carbons (Fsp3) is 0.727. The zero-order valence-electron chi connectivity index (χ0n) is 15.7. The van der Waals surface area contributed by atoms with Crippen molar-refractivity contribution < 1.29 is 13.5 Å². The van der Waals surface area contributed by atoms with Gasteiger partial charge in [0.05, 0.1) is 6.61 Å². The molecule has 1 aromatic carbocycles. The van der Waals surface area contributed by atoms with Crippen molar-refractivity contribution >= 4 is 0 Å². The Balaban J connectivity index is 1.65. The van der Waals surface area contributed by atoms with Gasteiger partial charge in [0, 0.05) is 6.07 Å². The third-order valence-electron chi connectivity index (χ3n) is 5.62. The lowest BCUT2D eigenvalue weighted by Crippen LogP contribution is -2.20. The van der Waals surface area contributed by atoms with E-state index in [9.17, 15) is 8.78 Å². The zero-order chi connectivity index (χ0) is 17.9. The first-order valence-corrected chi connectivity index (χ1v) is 10.3. The van der Waals surface area contributed by atoms with Gasteiger partial charge in [0.2, 0.25) is 0 Å². The van der Waals surface area contributed by atoms with Crippen LogP contribution < -0.4 is 4.74 Å². The topological polar surface area (TPSA) is 9.23 Å². The van der Waals surface area contributed by atoms with Crippen LogP contribution in [0.25, 0.3) is 0 Å². The Morgan fingerprint density at radius 2 is 1.56 bits per heavy atom. The Hall–Kier alpha value is -1.12. The summed E-state index contributed by atoms with van der Waals surface area (Å²) in [5.74, 6) is 0.478. The summed E-state index contributed by atoms with van der Waals surface area (Å²) in [7, 11) is 0.